The van der Waals surface area contributed by atoms with Crippen LogP contribution in [0.4, 0.5) is 5.69 Å². The Morgan fingerprint density at radius 2 is 1.75 bits per heavy atom. The number of hydrogen-bond acceptors (Lipinski definition) is 5. The van der Waals surface area contributed by atoms with E-state index >= 15 is 0 Å². The van der Waals surface area contributed by atoms with Crippen molar-refractivity contribution in [1.29, 1.82) is 0 Å². The molecule has 3 amide bonds. The van der Waals surface area contributed by atoms with Gasteiger partial charge in [-0.15, -0.1) is 11.3 Å². The topological polar surface area (TPSA) is 81.8 Å². The molecule has 7 nitrogen and oxygen atoms in total. The molecule has 0 unspecified atom stereocenters. The first-order valence-corrected chi connectivity index (χ1v) is 12.1. The molecular formula is C24H30N4O3S. The molecule has 1 saturated heterocycles. The van der Waals surface area contributed by atoms with Gasteiger partial charge in [0.05, 0.1) is 6.54 Å². The number of anilines is 1. The first kappa shape index (κ1) is 22.5. The van der Waals surface area contributed by atoms with Crippen LogP contribution in [-0.4, -0.2) is 59.7 Å². The van der Waals surface area contributed by atoms with Gasteiger partial charge in [-0.1, -0.05) is 18.2 Å². The van der Waals surface area contributed by atoms with E-state index in [0.29, 0.717) is 13.1 Å². The van der Waals surface area contributed by atoms with E-state index in [9.17, 15) is 14.4 Å². The molecule has 0 aliphatic carbocycles. The summed E-state index contributed by atoms with van der Waals surface area (Å²) in [6, 6.07) is 11.6. The van der Waals surface area contributed by atoms with Crippen LogP contribution in [0.15, 0.2) is 41.8 Å². The molecule has 4 rings (SSSR count). The van der Waals surface area contributed by atoms with Crippen molar-refractivity contribution < 1.29 is 14.4 Å². The molecule has 1 fully saturated rings. The van der Waals surface area contributed by atoms with Gasteiger partial charge in [-0.3, -0.25) is 19.3 Å². The molecule has 2 aromatic rings. The predicted octanol–water partition coefficient (Wildman–Crippen LogP) is 2.63. The van der Waals surface area contributed by atoms with Gasteiger partial charge in [0.1, 0.15) is 0 Å². The van der Waals surface area contributed by atoms with Crippen molar-refractivity contribution >= 4 is 34.7 Å². The Morgan fingerprint density at radius 3 is 2.53 bits per heavy atom. The van der Waals surface area contributed by atoms with Gasteiger partial charge in [-0.2, -0.15) is 0 Å². The minimum absolute atomic E-state index is 0.0236. The zero-order valence-electron chi connectivity index (χ0n) is 18.2. The Labute approximate surface area is 192 Å². The van der Waals surface area contributed by atoms with E-state index in [2.05, 4.69) is 27.0 Å². The third-order valence-electron chi connectivity index (χ3n) is 6.10. The predicted molar refractivity (Wildman–Crippen MR) is 125 cm³/mol. The van der Waals surface area contributed by atoms with E-state index < -0.39 is 0 Å². The number of benzene rings is 1. The Hall–Kier alpha value is -2.71. The number of carbonyl (C=O) groups is 3. The molecule has 32 heavy (non-hydrogen) atoms. The second kappa shape index (κ2) is 10.7. The number of nitrogens with zero attached hydrogens (tertiary/aromatic N) is 2. The molecule has 1 aromatic carbocycles. The van der Waals surface area contributed by atoms with E-state index in [1.807, 2.05) is 35.2 Å². The van der Waals surface area contributed by atoms with E-state index in [0.717, 1.165) is 44.6 Å². The molecule has 8 heteroatoms. The third kappa shape index (κ3) is 6.17. The van der Waals surface area contributed by atoms with Crippen molar-refractivity contribution in [2.45, 2.75) is 44.7 Å². The fourth-order valence-corrected chi connectivity index (χ4v) is 5.19. The summed E-state index contributed by atoms with van der Waals surface area (Å²) in [7, 11) is 0. The summed E-state index contributed by atoms with van der Waals surface area (Å²) in [5.74, 6) is -0.0346. The van der Waals surface area contributed by atoms with Gasteiger partial charge in [-0.25, -0.2) is 0 Å². The van der Waals surface area contributed by atoms with Crippen LogP contribution < -0.4 is 10.6 Å². The molecular weight excluding hydrogens is 424 g/mol. The van der Waals surface area contributed by atoms with Gasteiger partial charge < -0.3 is 15.5 Å². The monoisotopic (exact) mass is 454 g/mol. The molecule has 2 aliphatic heterocycles. The van der Waals surface area contributed by atoms with Crippen LogP contribution >= 0.6 is 11.3 Å². The number of rotatable bonds is 7. The molecule has 0 saturated carbocycles. The number of fused-ring (bicyclic) bond motifs is 1. The van der Waals surface area contributed by atoms with Crippen molar-refractivity contribution in [2.75, 3.05) is 31.5 Å². The lowest BCUT2D eigenvalue weighted by Gasteiger charge is -2.32. The van der Waals surface area contributed by atoms with Crippen molar-refractivity contribution in [2.24, 2.45) is 0 Å². The molecule has 0 spiro atoms. The first-order valence-electron chi connectivity index (χ1n) is 11.3. The third-order valence-corrected chi connectivity index (χ3v) is 7.13. The largest absolute Gasteiger partial charge is 0.353 e. The fourth-order valence-electron chi connectivity index (χ4n) is 4.30. The lowest BCUT2D eigenvalue weighted by molar-refractivity contribution is -0.134. The van der Waals surface area contributed by atoms with Crippen molar-refractivity contribution in [3.63, 3.8) is 0 Å². The Balaban J connectivity index is 1.12. The van der Waals surface area contributed by atoms with Crippen LogP contribution in [0.25, 0.3) is 0 Å². The quantitative estimate of drug-likeness (QED) is 0.674. The summed E-state index contributed by atoms with van der Waals surface area (Å²) < 4.78 is 0. The number of likely N-dealkylation sites (tertiary alicyclic amines) is 1. The van der Waals surface area contributed by atoms with Gasteiger partial charge >= 0.3 is 0 Å². The summed E-state index contributed by atoms with van der Waals surface area (Å²) in [5, 5.41) is 8.05. The van der Waals surface area contributed by atoms with Crippen LogP contribution in [0.1, 0.15) is 36.1 Å². The number of piperidine rings is 1. The van der Waals surface area contributed by atoms with E-state index in [4.69, 9.17) is 0 Å². The first-order chi connectivity index (χ1) is 15.6. The van der Waals surface area contributed by atoms with Gasteiger partial charge in [0, 0.05) is 55.6 Å². The lowest BCUT2D eigenvalue weighted by atomic mass is 10.0. The minimum Gasteiger partial charge on any atom is -0.353 e. The number of carbonyl (C=O) groups excluding carboxylic acids is 3. The average Bonchev–Trinajstić information content (AvgIpc) is 3.27. The zero-order valence-corrected chi connectivity index (χ0v) is 19.0. The number of thiophene rings is 1. The van der Waals surface area contributed by atoms with Gasteiger partial charge in [0.2, 0.25) is 17.7 Å². The highest BCUT2D eigenvalue weighted by Crippen LogP contribution is 2.24. The van der Waals surface area contributed by atoms with Crippen LogP contribution in [0.5, 0.6) is 0 Å². The molecule has 0 radical (unpaired) electrons. The SMILES string of the molecule is O=C(CN1CCC(NC(=O)CCC(=O)N2CCc3sccc3C2)CC1)Nc1ccccc1. The molecule has 0 atom stereocenters. The summed E-state index contributed by atoms with van der Waals surface area (Å²) in [5.41, 5.74) is 2.04. The molecule has 0 bridgehead atoms. The zero-order chi connectivity index (χ0) is 22.3. The second-order valence-corrected chi connectivity index (χ2v) is 9.47. The maximum absolute atomic E-state index is 12.5. The van der Waals surface area contributed by atoms with E-state index in [1.165, 1.54) is 10.4 Å². The molecule has 2 N–H and O–H groups in total. The lowest BCUT2D eigenvalue weighted by Crippen LogP contribution is -2.46. The van der Waals surface area contributed by atoms with E-state index in [-0.39, 0.29) is 36.6 Å². The Kier molecular flexibility index (Phi) is 7.55. The summed E-state index contributed by atoms with van der Waals surface area (Å²) >= 11 is 1.75. The van der Waals surface area contributed by atoms with Gasteiger partial charge in [0.15, 0.2) is 0 Å². The highest BCUT2D eigenvalue weighted by Gasteiger charge is 2.24. The van der Waals surface area contributed by atoms with E-state index in [1.54, 1.807) is 11.3 Å². The highest BCUT2D eigenvalue weighted by molar-refractivity contribution is 7.10. The Bertz CT molecular complexity index is 938. The highest BCUT2D eigenvalue weighted by atomic mass is 32.1. The van der Waals surface area contributed by atoms with Crippen LogP contribution in [-0.2, 0) is 27.3 Å². The molecule has 170 valence electrons. The normalized spacial score (nSPS) is 16.9. The Morgan fingerprint density at radius 1 is 0.969 bits per heavy atom. The number of para-hydroxylation sites is 1. The van der Waals surface area contributed by atoms with Crippen molar-refractivity contribution in [3.8, 4) is 0 Å². The van der Waals surface area contributed by atoms with Crippen LogP contribution in [0.2, 0.25) is 0 Å². The molecule has 1 aromatic heterocycles. The number of amides is 3. The maximum Gasteiger partial charge on any atom is 0.238 e. The number of hydrogen-bond donors (Lipinski definition) is 2. The summed E-state index contributed by atoms with van der Waals surface area (Å²) in [6.07, 6.45) is 3.01. The molecule has 2 aliphatic rings. The smallest absolute Gasteiger partial charge is 0.238 e. The number of nitrogens with one attached hydrogen (secondary N) is 2. The van der Waals surface area contributed by atoms with Gasteiger partial charge in [-0.05, 0) is 48.4 Å². The van der Waals surface area contributed by atoms with Crippen molar-refractivity contribution in [3.05, 3.63) is 52.2 Å². The summed E-state index contributed by atoms with van der Waals surface area (Å²) in [4.78, 5) is 42.4. The maximum atomic E-state index is 12.5. The molecule has 3 heterocycles. The van der Waals surface area contributed by atoms with Gasteiger partial charge in [0.25, 0.3) is 0 Å². The average molecular weight is 455 g/mol. The standard InChI is InChI=1S/C24H30N4O3S/c29-22(6-7-24(31)28-14-10-21-18(16-28)11-15-32-21)25-20-8-12-27(13-9-20)17-23(30)26-19-4-2-1-3-5-19/h1-5,11,15,20H,6-10,12-14,16-17H2,(H,25,29)(H,26,30). The van der Waals surface area contributed by atoms with Crippen LogP contribution in [0, 0.1) is 0 Å². The minimum atomic E-state index is -0.0631. The van der Waals surface area contributed by atoms with Crippen LogP contribution in [0.3, 0.4) is 0 Å². The van der Waals surface area contributed by atoms with Crippen molar-refractivity contribution in [1.82, 2.24) is 15.1 Å². The fraction of sp³-hybridized carbons (Fsp3) is 0.458. The summed E-state index contributed by atoms with van der Waals surface area (Å²) in [6.45, 7) is 3.29. The second-order valence-electron chi connectivity index (χ2n) is 8.47.